The van der Waals surface area contributed by atoms with E-state index in [1.54, 1.807) is 44.4 Å². The molecule has 0 heterocycles. The second kappa shape index (κ2) is 17.8. The van der Waals surface area contributed by atoms with Gasteiger partial charge in [0, 0.05) is 13.1 Å². The van der Waals surface area contributed by atoms with Crippen molar-refractivity contribution in [1.82, 2.24) is 15.5 Å². The third-order valence-electron chi connectivity index (χ3n) is 6.23. The molecule has 2 unspecified atom stereocenters. The molecule has 1 rings (SSSR count). The summed E-state index contributed by atoms with van der Waals surface area (Å²) in [6, 6.07) is 3.90. The SMILES string of the molecule is CCCCCN(C(=O)C(CCSC)NC(=O)OC(C)(C)C)C(C(=O)NCCC(=O)OCC)c1ccc(C)c(C)c1. The average molecular weight is 580 g/mol. The van der Waals surface area contributed by atoms with Gasteiger partial charge in [-0.15, -0.1) is 0 Å². The first-order valence-corrected chi connectivity index (χ1v) is 15.5. The number of amides is 3. The molecule has 1 aromatic rings. The molecule has 9 nitrogen and oxygen atoms in total. The third-order valence-corrected chi connectivity index (χ3v) is 6.87. The van der Waals surface area contributed by atoms with Crippen LogP contribution in [-0.4, -0.2) is 72.1 Å². The van der Waals surface area contributed by atoms with Crippen LogP contribution in [-0.2, 0) is 23.9 Å². The second-order valence-corrected chi connectivity index (χ2v) is 11.8. The molecular formula is C30H49N3O6S. The lowest BCUT2D eigenvalue weighted by atomic mass is 9.97. The van der Waals surface area contributed by atoms with Crippen LogP contribution < -0.4 is 10.6 Å². The number of ether oxygens (including phenoxy) is 2. The number of nitrogens with zero attached hydrogens (tertiary/aromatic N) is 1. The highest BCUT2D eigenvalue weighted by atomic mass is 32.2. The molecule has 3 amide bonds. The molecule has 226 valence electrons. The summed E-state index contributed by atoms with van der Waals surface area (Å²) >= 11 is 1.57. The van der Waals surface area contributed by atoms with Crippen molar-refractivity contribution in [3.8, 4) is 0 Å². The van der Waals surface area contributed by atoms with Crippen molar-refractivity contribution < 1.29 is 28.7 Å². The largest absolute Gasteiger partial charge is 0.466 e. The maximum atomic E-state index is 14.2. The van der Waals surface area contributed by atoms with Gasteiger partial charge in [-0.3, -0.25) is 14.4 Å². The summed E-state index contributed by atoms with van der Waals surface area (Å²) in [6.07, 6.45) is 4.18. The number of carbonyl (C=O) groups is 4. The van der Waals surface area contributed by atoms with Gasteiger partial charge in [0.25, 0.3) is 0 Å². The highest BCUT2D eigenvalue weighted by Crippen LogP contribution is 2.26. The third kappa shape index (κ3) is 12.6. The molecule has 0 spiro atoms. The van der Waals surface area contributed by atoms with Gasteiger partial charge in [0.15, 0.2) is 0 Å². The number of unbranched alkanes of at least 4 members (excludes halogenated alkanes) is 2. The van der Waals surface area contributed by atoms with Crippen molar-refractivity contribution in [3.05, 3.63) is 34.9 Å². The molecule has 0 aliphatic heterocycles. The van der Waals surface area contributed by atoms with Crippen molar-refractivity contribution in [1.29, 1.82) is 0 Å². The van der Waals surface area contributed by atoms with E-state index in [-0.39, 0.29) is 25.5 Å². The minimum atomic E-state index is -0.942. The summed E-state index contributed by atoms with van der Waals surface area (Å²) < 4.78 is 10.4. The summed E-state index contributed by atoms with van der Waals surface area (Å²) in [4.78, 5) is 54.0. The van der Waals surface area contributed by atoms with Crippen LogP contribution in [0.2, 0.25) is 0 Å². The van der Waals surface area contributed by atoms with E-state index >= 15 is 0 Å². The summed E-state index contributed by atoms with van der Waals surface area (Å²) in [6.45, 7) is 13.7. The monoisotopic (exact) mass is 579 g/mol. The average Bonchev–Trinajstić information content (AvgIpc) is 2.86. The van der Waals surface area contributed by atoms with Gasteiger partial charge in [-0.25, -0.2) is 4.79 Å². The van der Waals surface area contributed by atoms with Crippen molar-refractivity contribution in [2.75, 3.05) is 31.7 Å². The van der Waals surface area contributed by atoms with Crippen LogP contribution in [0.3, 0.4) is 0 Å². The summed E-state index contributed by atoms with van der Waals surface area (Å²) in [5, 5.41) is 5.59. The van der Waals surface area contributed by atoms with Crippen LogP contribution in [0, 0.1) is 13.8 Å². The predicted molar refractivity (Wildman–Crippen MR) is 160 cm³/mol. The van der Waals surface area contributed by atoms with Gasteiger partial charge < -0.3 is 25.0 Å². The molecule has 2 N–H and O–H groups in total. The molecule has 10 heteroatoms. The molecule has 40 heavy (non-hydrogen) atoms. The normalized spacial score (nSPS) is 12.7. The zero-order valence-electron chi connectivity index (χ0n) is 25.6. The van der Waals surface area contributed by atoms with Crippen molar-refractivity contribution in [3.63, 3.8) is 0 Å². The minimum absolute atomic E-state index is 0.0273. The summed E-state index contributed by atoms with van der Waals surface area (Å²) in [5.74, 6) is -0.507. The molecule has 0 saturated heterocycles. The first kappa shape index (κ1) is 35.3. The number of rotatable bonds is 16. The van der Waals surface area contributed by atoms with Gasteiger partial charge >= 0.3 is 12.1 Å². The molecular weight excluding hydrogens is 530 g/mol. The zero-order chi connectivity index (χ0) is 30.3. The van der Waals surface area contributed by atoms with Gasteiger partial charge in [-0.2, -0.15) is 11.8 Å². The quantitative estimate of drug-likeness (QED) is 0.207. The Morgan fingerprint density at radius 3 is 2.33 bits per heavy atom. The fourth-order valence-corrected chi connectivity index (χ4v) is 4.54. The predicted octanol–water partition coefficient (Wildman–Crippen LogP) is 5.08. The Morgan fingerprint density at radius 2 is 1.75 bits per heavy atom. The summed E-state index contributed by atoms with van der Waals surface area (Å²) in [7, 11) is 0. The first-order valence-electron chi connectivity index (χ1n) is 14.1. The van der Waals surface area contributed by atoms with E-state index in [4.69, 9.17) is 9.47 Å². The van der Waals surface area contributed by atoms with E-state index in [0.717, 1.165) is 24.0 Å². The van der Waals surface area contributed by atoms with Crippen LogP contribution >= 0.6 is 11.8 Å². The lowest BCUT2D eigenvalue weighted by Crippen LogP contribution is -2.53. The lowest BCUT2D eigenvalue weighted by molar-refractivity contribution is -0.144. The molecule has 0 saturated carbocycles. The number of hydrogen-bond acceptors (Lipinski definition) is 7. The Morgan fingerprint density at radius 1 is 1.05 bits per heavy atom. The Balaban J connectivity index is 3.46. The molecule has 1 aromatic carbocycles. The maximum Gasteiger partial charge on any atom is 0.408 e. The van der Waals surface area contributed by atoms with Gasteiger partial charge in [-0.1, -0.05) is 38.0 Å². The molecule has 0 radical (unpaired) electrons. The Kier molecular flexibility index (Phi) is 15.7. The standard InChI is InChI=1S/C30H49N3O6S/c1-9-11-12-18-33(28(36)24(16-19-40-8)32-29(37)39-30(5,6)7)26(23-14-13-21(3)22(4)20-23)27(35)31-17-15-25(34)38-10-2/h13-14,20,24,26H,9-12,15-19H2,1-8H3,(H,31,35)(H,32,37). The van der Waals surface area contributed by atoms with E-state index in [2.05, 4.69) is 17.6 Å². The number of nitrogens with one attached hydrogen (secondary N) is 2. The Hall–Kier alpha value is -2.75. The Labute approximate surface area is 244 Å². The van der Waals surface area contributed by atoms with E-state index in [1.165, 1.54) is 0 Å². The lowest BCUT2D eigenvalue weighted by Gasteiger charge is -2.35. The van der Waals surface area contributed by atoms with Crippen LogP contribution in [0.5, 0.6) is 0 Å². The highest BCUT2D eigenvalue weighted by molar-refractivity contribution is 7.98. The van der Waals surface area contributed by atoms with Gasteiger partial charge in [0.1, 0.15) is 17.7 Å². The van der Waals surface area contributed by atoms with Crippen molar-refractivity contribution >= 4 is 35.6 Å². The number of hydrogen-bond donors (Lipinski definition) is 2. The number of alkyl carbamates (subject to hydrolysis) is 1. The molecule has 0 fully saturated rings. The Bertz CT molecular complexity index is 979. The number of carbonyl (C=O) groups excluding carboxylic acids is 4. The number of benzene rings is 1. The van der Waals surface area contributed by atoms with Crippen LogP contribution in [0.15, 0.2) is 18.2 Å². The molecule has 2 atom stereocenters. The molecule has 0 aromatic heterocycles. The van der Waals surface area contributed by atoms with Gasteiger partial charge in [0.05, 0.1) is 13.0 Å². The molecule has 0 bridgehead atoms. The van der Waals surface area contributed by atoms with Crippen LogP contribution in [0.4, 0.5) is 4.79 Å². The first-order chi connectivity index (χ1) is 18.8. The van der Waals surface area contributed by atoms with E-state index in [1.807, 2.05) is 38.3 Å². The maximum absolute atomic E-state index is 14.2. The van der Waals surface area contributed by atoms with E-state index in [0.29, 0.717) is 30.7 Å². The topological polar surface area (TPSA) is 114 Å². The van der Waals surface area contributed by atoms with Crippen LogP contribution in [0.1, 0.15) is 89.5 Å². The highest BCUT2D eigenvalue weighted by Gasteiger charge is 2.36. The van der Waals surface area contributed by atoms with E-state index < -0.39 is 35.7 Å². The smallest absolute Gasteiger partial charge is 0.408 e. The number of esters is 1. The van der Waals surface area contributed by atoms with Gasteiger partial charge in [0.2, 0.25) is 11.8 Å². The molecule has 0 aliphatic carbocycles. The van der Waals surface area contributed by atoms with E-state index in [9.17, 15) is 19.2 Å². The zero-order valence-corrected chi connectivity index (χ0v) is 26.4. The van der Waals surface area contributed by atoms with Gasteiger partial charge in [-0.05, 0) is 83.1 Å². The minimum Gasteiger partial charge on any atom is -0.466 e. The van der Waals surface area contributed by atoms with Crippen molar-refractivity contribution in [2.45, 2.75) is 98.3 Å². The second-order valence-electron chi connectivity index (χ2n) is 10.8. The molecule has 0 aliphatic rings. The fourth-order valence-electron chi connectivity index (χ4n) is 4.07. The fraction of sp³-hybridized carbons (Fsp3) is 0.667. The van der Waals surface area contributed by atoms with Crippen LogP contribution in [0.25, 0.3) is 0 Å². The summed E-state index contributed by atoms with van der Waals surface area (Å²) in [5.41, 5.74) is 2.01. The van der Waals surface area contributed by atoms with Crippen molar-refractivity contribution in [2.24, 2.45) is 0 Å². The number of aryl methyl sites for hydroxylation is 2. The number of thioether (sulfide) groups is 1.